The van der Waals surface area contributed by atoms with Crippen molar-refractivity contribution in [2.75, 3.05) is 25.5 Å². The number of ether oxygens (including phenoxy) is 3. The molecule has 0 fully saturated rings. The second kappa shape index (κ2) is 11.7. The Hall–Kier alpha value is -4.10. The molecule has 2 atom stereocenters. The average molecular weight is 554 g/mol. The van der Waals surface area contributed by atoms with Gasteiger partial charge in [-0.15, -0.1) is 10.2 Å². The first-order valence-electron chi connectivity index (χ1n) is 12.2. The van der Waals surface area contributed by atoms with Crippen LogP contribution in [0.25, 0.3) is 17.1 Å². The zero-order chi connectivity index (χ0) is 28.2. The molecule has 3 heterocycles. The topological polar surface area (TPSA) is 143 Å². The Labute approximate surface area is 227 Å². The van der Waals surface area contributed by atoms with Gasteiger partial charge in [0, 0.05) is 30.8 Å². The molecule has 4 aromatic rings. The summed E-state index contributed by atoms with van der Waals surface area (Å²) in [6.07, 6.45) is 5.55. The highest BCUT2D eigenvalue weighted by molar-refractivity contribution is 7.93. The summed E-state index contributed by atoms with van der Waals surface area (Å²) in [6.45, 7) is 7.30. The van der Waals surface area contributed by atoms with E-state index in [1.54, 1.807) is 62.1 Å². The molecule has 0 aliphatic rings. The number of nitrogens with one attached hydrogen (secondary N) is 1. The van der Waals surface area contributed by atoms with Gasteiger partial charge in [-0.1, -0.05) is 6.07 Å². The number of rotatable bonds is 11. The van der Waals surface area contributed by atoms with E-state index < -0.39 is 21.4 Å². The maximum atomic E-state index is 13.8. The fourth-order valence-electron chi connectivity index (χ4n) is 4.05. The summed E-state index contributed by atoms with van der Waals surface area (Å²) in [4.78, 5) is 12.9. The number of sulfonamides is 1. The lowest BCUT2D eigenvalue weighted by molar-refractivity contribution is 0.0588. The minimum atomic E-state index is -4.10. The highest BCUT2D eigenvalue weighted by Gasteiger charge is 2.35. The molecule has 0 amide bonds. The van der Waals surface area contributed by atoms with Crippen molar-refractivity contribution in [3.63, 3.8) is 0 Å². The van der Waals surface area contributed by atoms with Gasteiger partial charge < -0.3 is 14.2 Å². The summed E-state index contributed by atoms with van der Waals surface area (Å²) in [5, 5.41) is 7.48. The number of methoxy groups -OCH3 is 2. The van der Waals surface area contributed by atoms with Crippen LogP contribution in [0.5, 0.6) is 11.5 Å². The molecule has 4 rings (SSSR count). The number of pyridine rings is 1. The predicted octanol–water partition coefficient (Wildman–Crippen LogP) is 3.66. The molecular formula is C26H31N7O5S. The molecular weight excluding hydrogens is 522 g/mol. The largest absolute Gasteiger partial charge is 0.494 e. The highest BCUT2D eigenvalue weighted by atomic mass is 32.2. The van der Waals surface area contributed by atoms with Crippen molar-refractivity contribution >= 4 is 16.0 Å². The average Bonchev–Trinajstić information content (AvgIpc) is 3.33. The molecule has 0 aliphatic carbocycles. The number of aryl methyl sites for hydroxylation is 2. The summed E-state index contributed by atoms with van der Waals surface area (Å²) in [5.41, 5.74) is 3.04. The fraction of sp³-hybridized carbons (Fsp3) is 0.346. The summed E-state index contributed by atoms with van der Waals surface area (Å²) in [6, 6.07) is 7.11. The normalized spacial score (nSPS) is 13.1. The minimum Gasteiger partial charge on any atom is -0.494 e. The lowest BCUT2D eigenvalue weighted by Crippen LogP contribution is -2.33. The number of nitrogens with zero attached hydrogens (tertiary/aromatic N) is 6. The molecule has 3 aromatic heterocycles. The smallest absolute Gasteiger partial charge is 0.243 e. The summed E-state index contributed by atoms with van der Waals surface area (Å²) in [7, 11) is -1.08. The maximum absolute atomic E-state index is 13.8. The number of para-hydroxylation sites is 1. The summed E-state index contributed by atoms with van der Waals surface area (Å²) in [5.74, 6) is 1.12. The second-order valence-electron chi connectivity index (χ2n) is 8.76. The van der Waals surface area contributed by atoms with Gasteiger partial charge in [0.1, 0.15) is 28.5 Å². The quantitative estimate of drug-likeness (QED) is 0.292. The Balaban J connectivity index is 1.84. The third-order valence-electron chi connectivity index (χ3n) is 6.01. The molecule has 0 saturated carbocycles. The van der Waals surface area contributed by atoms with Gasteiger partial charge in [0.05, 0.1) is 31.8 Å². The van der Waals surface area contributed by atoms with Crippen LogP contribution in [0, 0.1) is 13.8 Å². The van der Waals surface area contributed by atoms with Crippen LogP contribution < -0.4 is 14.2 Å². The molecule has 12 nitrogen and oxygen atoms in total. The van der Waals surface area contributed by atoms with E-state index in [0.29, 0.717) is 40.0 Å². The number of benzene rings is 1. The van der Waals surface area contributed by atoms with Crippen LogP contribution in [0.4, 0.5) is 5.95 Å². The van der Waals surface area contributed by atoms with E-state index in [-0.39, 0.29) is 12.6 Å². The minimum absolute atomic E-state index is 0.0635. The van der Waals surface area contributed by atoms with Crippen LogP contribution in [-0.4, -0.2) is 64.2 Å². The monoisotopic (exact) mass is 553 g/mol. The van der Waals surface area contributed by atoms with Crippen molar-refractivity contribution in [2.24, 2.45) is 0 Å². The molecule has 1 aromatic carbocycles. The third-order valence-corrected chi connectivity index (χ3v) is 7.70. The Bertz CT molecular complexity index is 1520. The van der Waals surface area contributed by atoms with Gasteiger partial charge in [-0.2, -0.15) is 0 Å². The van der Waals surface area contributed by atoms with Crippen molar-refractivity contribution in [2.45, 2.75) is 39.0 Å². The molecule has 13 heteroatoms. The second-order valence-corrected chi connectivity index (χ2v) is 10.8. The van der Waals surface area contributed by atoms with E-state index in [2.05, 4.69) is 29.9 Å². The van der Waals surface area contributed by atoms with Gasteiger partial charge in [-0.3, -0.25) is 24.2 Å². The highest BCUT2D eigenvalue weighted by Crippen LogP contribution is 2.38. The number of hydrogen-bond donors (Lipinski definition) is 1. The molecule has 206 valence electrons. The van der Waals surface area contributed by atoms with Crippen LogP contribution in [-0.2, 0) is 14.8 Å². The predicted molar refractivity (Wildman–Crippen MR) is 146 cm³/mol. The Morgan fingerprint density at radius 1 is 1.00 bits per heavy atom. The summed E-state index contributed by atoms with van der Waals surface area (Å²) < 4.78 is 48.7. The number of anilines is 1. The van der Waals surface area contributed by atoms with E-state index in [9.17, 15) is 8.42 Å². The Kier molecular flexibility index (Phi) is 8.41. The van der Waals surface area contributed by atoms with E-state index >= 15 is 0 Å². The molecule has 39 heavy (non-hydrogen) atoms. The van der Waals surface area contributed by atoms with Crippen LogP contribution in [0.15, 0.2) is 49.1 Å². The maximum Gasteiger partial charge on any atom is 0.243 e. The zero-order valence-electron chi connectivity index (χ0n) is 22.6. The van der Waals surface area contributed by atoms with Gasteiger partial charge in [0.2, 0.25) is 16.0 Å². The van der Waals surface area contributed by atoms with Crippen molar-refractivity contribution in [1.29, 1.82) is 0 Å². The third kappa shape index (κ3) is 5.83. The first kappa shape index (κ1) is 27.9. The van der Waals surface area contributed by atoms with Gasteiger partial charge in [-0.05, 0) is 51.5 Å². The van der Waals surface area contributed by atoms with Gasteiger partial charge in [0.25, 0.3) is 0 Å². The van der Waals surface area contributed by atoms with Crippen LogP contribution in [0.3, 0.4) is 0 Å². The van der Waals surface area contributed by atoms with Crippen molar-refractivity contribution in [3.05, 3.63) is 66.0 Å². The molecule has 1 N–H and O–H groups in total. The number of hydrogen-bond acceptors (Lipinski definition) is 10. The molecule has 0 bridgehead atoms. The first-order valence-corrected chi connectivity index (χ1v) is 13.7. The van der Waals surface area contributed by atoms with Crippen LogP contribution in [0.2, 0.25) is 0 Å². The van der Waals surface area contributed by atoms with E-state index in [4.69, 9.17) is 14.2 Å². The van der Waals surface area contributed by atoms with Crippen LogP contribution in [0.1, 0.15) is 36.9 Å². The van der Waals surface area contributed by atoms with E-state index in [0.717, 1.165) is 5.56 Å². The van der Waals surface area contributed by atoms with Gasteiger partial charge in [0.15, 0.2) is 5.82 Å². The lowest BCUT2D eigenvalue weighted by atomic mass is 10.2. The van der Waals surface area contributed by atoms with Crippen LogP contribution >= 0.6 is 0 Å². The van der Waals surface area contributed by atoms with Gasteiger partial charge >= 0.3 is 0 Å². The van der Waals surface area contributed by atoms with Gasteiger partial charge in [-0.25, -0.2) is 8.42 Å². The molecule has 0 spiro atoms. The first-order chi connectivity index (χ1) is 18.7. The SMILES string of the molecule is CCO[C@@H](c1cnc(C)cn1)[C@H](C)S(=O)(=O)Nc1nnc(-c2cncc(C)c2)n1-c1c(OC)cccc1OC. The zero-order valence-corrected chi connectivity index (χ0v) is 23.4. The standard InChI is InChI=1S/C26H31N7O5S/c1-7-38-24(20-15-28-17(3)13-29-20)18(4)39(34,35)32-26-31-30-25(19-11-16(2)12-27-14-19)33(26)23-21(36-5)9-8-10-22(23)37-6/h8-15,18,24H,7H2,1-6H3,(H,31,32)/t18-,24+/m0/s1. The van der Waals surface area contributed by atoms with Crippen molar-refractivity contribution in [1.82, 2.24) is 29.7 Å². The lowest BCUT2D eigenvalue weighted by Gasteiger charge is -2.24. The van der Waals surface area contributed by atoms with E-state index in [1.807, 2.05) is 13.0 Å². The Morgan fingerprint density at radius 3 is 2.31 bits per heavy atom. The number of aromatic nitrogens is 6. The van der Waals surface area contributed by atoms with Crippen molar-refractivity contribution in [3.8, 4) is 28.6 Å². The Morgan fingerprint density at radius 2 is 1.72 bits per heavy atom. The fourth-order valence-corrected chi connectivity index (χ4v) is 5.17. The van der Waals surface area contributed by atoms with Crippen molar-refractivity contribution < 1.29 is 22.6 Å². The molecule has 0 saturated heterocycles. The summed E-state index contributed by atoms with van der Waals surface area (Å²) >= 11 is 0. The molecule has 0 aliphatic heterocycles. The molecule has 0 radical (unpaired) electrons. The van der Waals surface area contributed by atoms with E-state index in [1.165, 1.54) is 20.4 Å². The molecule has 0 unspecified atom stereocenters.